The first-order valence-electron chi connectivity index (χ1n) is 8.63. The van der Waals surface area contributed by atoms with Crippen LogP contribution in [0.5, 0.6) is 0 Å². The van der Waals surface area contributed by atoms with Crippen LogP contribution in [0.3, 0.4) is 0 Å². The van der Waals surface area contributed by atoms with E-state index in [9.17, 15) is 24.5 Å². The van der Waals surface area contributed by atoms with Gasteiger partial charge in [-0.2, -0.15) is 0 Å². The summed E-state index contributed by atoms with van der Waals surface area (Å²) in [6.07, 6.45) is 1.04. The average Bonchev–Trinajstić information content (AvgIpc) is 2.75. The molecule has 2 aromatic carbocycles. The number of nitrogens with zero attached hydrogens (tertiary/aromatic N) is 2. The maximum atomic E-state index is 13.1. The minimum Gasteiger partial charge on any atom is -0.469 e. The van der Waals surface area contributed by atoms with Gasteiger partial charge in [0.05, 0.1) is 30.2 Å². The fourth-order valence-electron chi connectivity index (χ4n) is 2.83. The molecule has 1 heterocycles. The van der Waals surface area contributed by atoms with Crippen molar-refractivity contribution in [3.05, 3.63) is 81.9 Å². The number of amides is 1. The molecule has 9 heteroatoms. The molecule has 1 N–H and O–H groups in total. The number of benzene rings is 2. The summed E-state index contributed by atoms with van der Waals surface area (Å²) in [5.41, 5.74) is 3.73. The molecule has 0 saturated carbocycles. The number of hydrogen-bond acceptors (Lipinski definition) is 7. The fourth-order valence-corrected chi connectivity index (χ4v) is 2.83. The Hall–Kier alpha value is -3.85. The lowest BCUT2D eigenvalue weighted by Crippen LogP contribution is -2.53. The summed E-state index contributed by atoms with van der Waals surface area (Å²) in [6.45, 7) is 0. The maximum absolute atomic E-state index is 13.1. The fraction of sp³-hybridized carbons (Fsp3) is 0.150. The Morgan fingerprint density at radius 3 is 2.38 bits per heavy atom. The highest BCUT2D eigenvalue weighted by molar-refractivity contribution is 6.08. The number of nitrogens with one attached hydrogen (secondary N) is 1. The minimum atomic E-state index is -0.975. The molecule has 148 valence electrons. The van der Waals surface area contributed by atoms with Gasteiger partial charge in [0.25, 0.3) is 11.6 Å². The molecule has 29 heavy (non-hydrogen) atoms. The zero-order valence-corrected chi connectivity index (χ0v) is 15.4. The van der Waals surface area contributed by atoms with Gasteiger partial charge in [0.15, 0.2) is 5.78 Å². The Bertz CT molecular complexity index is 985. The van der Waals surface area contributed by atoms with Crippen LogP contribution in [0.2, 0.25) is 0 Å². The first-order valence-corrected chi connectivity index (χ1v) is 8.63. The summed E-state index contributed by atoms with van der Waals surface area (Å²) in [5, 5.41) is 12.0. The zero-order valence-electron chi connectivity index (χ0n) is 15.4. The van der Waals surface area contributed by atoms with Gasteiger partial charge in [-0.1, -0.05) is 30.3 Å². The van der Waals surface area contributed by atoms with Crippen molar-refractivity contribution < 1.29 is 24.0 Å². The third-order valence-corrected chi connectivity index (χ3v) is 4.34. The lowest BCUT2D eigenvalue weighted by molar-refractivity contribution is -0.384. The Morgan fingerprint density at radius 1 is 1.14 bits per heavy atom. The number of non-ortho nitro benzene ring substituents is 1. The van der Waals surface area contributed by atoms with E-state index in [1.807, 2.05) is 0 Å². The molecular formula is C20H17N3O6. The van der Waals surface area contributed by atoms with Crippen molar-refractivity contribution in [2.24, 2.45) is 0 Å². The average molecular weight is 395 g/mol. The predicted molar refractivity (Wildman–Crippen MR) is 102 cm³/mol. The van der Waals surface area contributed by atoms with Crippen LogP contribution < -0.4 is 5.43 Å². The van der Waals surface area contributed by atoms with Crippen LogP contribution in [-0.2, 0) is 14.3 Å². The third-order valence-electron chi connectivity index (χ3n) is 4.34. The second kappa shape index (κ2) is 8.44. The second-order valence-electron chi connectivity index (χ2n) is 6.20. The van der Waals surface area contributed by atoms with E-state index in [4.69, 9.17) is 0 Å². The zero-order chi connectivity index (χ0) is 21.0. The molecule has 1 atom stereocenters. The van der Waals surface area contributed by atoms with Gasteiger partial charge in [0.1, 0.15) is 0 Å². The normalized spacial score (nSPS) is 16.2. The number of esters is 1. The van der Waals surface area contributed by atoms with Crippen molar-refractivity contribution >= 4 is 29.0 Å². The van der Waals surface area contributed by atoms with Gasteiger partial charge in [-0.05, 0) is 17.7 Å². The number of ether oxygens (including phenoxy) is 1. The van der Waals surface area contributed by atoms with Gasteiger partial charge < -0.3 is 4.74 Å². The van der Waals surface area contributed by atoms with Gasteiger partial charge >= 0.3 is 5.97 Å². The molecular weight excluding hydrogens is 378 g/mol. The Labute approximate surface area is 165 Å². The minimum absolute atomic E-state index is 0.147. The molecule has 1 aliphatic rings. The largest absolute Gasteiger partial charge is 0.469 e. The third kappa shape index (κ3) is 4.36. The van der Waals surface area contributed by atoms with Gasteiger partial charge in [0.2, 0.25) is 0 Å². The highest BCUT2D eigenvalue weighted by atomic mass is 16.6. The number of methoxy groups -OCH3 is 1. The number of carbonyl (C=O) groups is 3. The van der Waals surface area contributed by atoms with Crippen LogP contribution in [0.15, 0.2) is 60.7 Å². The van der Waals surface area contributed by atoms with Crippen LogP contribution in [-0.4, -0.2) is 40.7 Å². The predicted octanol–water partition coefficient (Wildman–Crippen LogP) is 2.10. The Balaban J connectivity index is 1.97. The smallest absolute Gasteiger partial charge is 0.307 e. The van der Waals surface area contributed by atoms with Gasteiger partial charge in [-0.3, -0.25) is 24.5 Å². The number of hydrazine groups is 1. The first-order chi connectivity index (χ1) is 13.9. The number of nitro benzene ring substituents is 1. The molecule has 0 bridgehead atoms. The topological polar surface area (TPSA) is 119 Å². The van der Waals surface area contributed by atoms with E-state index < -0.39 is 22.8 Å². The highest BCUT2D eigenvalue weighted by Gasteiger charge is 2.33. The van der Waals surface area contributed by atoms with Crippen molar-refractivity contribution in [1.29, 1.82) is 0 Å². The summed E-state index contributed by atoms with van der Waals surface area (Å²) in [5.74, 6) is -1.51. The highest BCUT2D eigenvalue weighted by Crippen LogP contribution is 2.25. The van der Waals surface area contributed by atoms with Crippen LogP contribution in [0.4, 0.5) is 5.69 Å². The van der Waals surface area contributed by atoms with E-state index in [0.717, 1.165) is 0 Å². The van der Waals surface area contributed by atoms with E-state index in [-0.39, 0.29) is 23.5 Å². The molecule has 9 nitrogen and oxygen atoms in total. The van der Waals surface area contributed by atoms with E-state index in [2.05, 4.69) is 10.2 Å². The Morgan fingerprint density at radius 2 is 1.79 bits per heavy atom. The standard InChI is InChI=1S/C20H17N3O6/c1-29-19(25)11-16-18(24)12-17(13-5-3-2-4-6-13)22(21-16)20(26)14-7-9-15(10-8-14)23(27)28/h2-10,12,16,21H,11H2,1H3. The van der Waals surface area contributed by atoms with Crippen molar-refractivity contribution in [2.45, 2.75) is 12.5 Å². The van der Waals surface area contributed by atoms with Crippen molar-refractivity contribution in [1.82, 2.24) is 10.4 Å². The number of rotatable bonds is 5. The molecule has 0 saturated heterocycles. The molecule has 2 aromatic rings. The van der Waals surface area contributed by atoms with Crippen LogP contribution in [0.25, 0.3) is 5.70 Å². The Kier molecular flexibility index (Phi) is 5.79. The SMILES string of the molecule is COC(=O)CC1NN(C(=O)c2ccc([N+](=O)[O-])cc2)C(c2ccccc2)=CC1=O. The summed E-state index contributed by atoms with van der Waals surface area (Å²) in [6, 6.07) is 12.9. The van der Waals surface area contributed by atoms with E-state index in [1.165, 1.54) is 42.5 Å². The molecule has 0 fully saturated rings. The lowest BCUT2D eigenvalue weighted by atomic mass is 10.0. The summed E-state index contributed by atoms with van der Waals surface area (Å²) < 4.78 is 4.61. The number of carbonyl (C=O) groups excluding carboxylic acids is 3. The van der Waals surface area contributed by atoms with Crippen molar-refractivity contribution in [2.75, 3.05) is 7.11 Å². The van der Waals surface area contributed by atoms with Crippen molar-refractivity contribution in [3.8, 4) is 0 Å². The van der Waals surface area contributed by atoms with E-state index >= 15 is 0 Å². The molecule has 1 aliphatic heterocycles. The second-order valence-corrected chi connectivity index (χ2v) is 6.20. The maximum Gasteiger partial charge on any atom is 0.307 e. The van der Waals surface area contributed by atoms with Gasteiger partial charge in [-0.15, -0.1) is 0 Å². The lowest BCUT2D eigenvalue weighted by Gasteiger charge is -2.33. The van der Waals surface area contributed by atoms with Crippen LogP contribution in [0.1, 0.15) is 22.3 Å². The van der Waals surface area contributed by atoms with E-state index in [1.54, 1.807) is 30.3 Å². The summed E-state index contributed by atoms with van der Waals surface area (Å²) in [4.78, 5) is 47.5. The van der Waals surface area contributed by atoms with Gasteiger partial charge in [-0.25, -0.2) is 10.4 Å². The first kappa shape index (κ1) is 19.9. The molecule has 1 amide bonds. The number of nitro groups is 1. The van der Waals surface area contributed by atoms with Crippen LogP contribution >= 0.6 is 0 Å². The van der Waals surface area contributed by atoms with E-state index in [0.29, 0.717) is 11.3 Å². The molecule has 3 rings (SSSR count). The van der Waals surface area contributed by atoms with Crippen LogP contribution in [0, 0.1) is 10.1 Å². The quantitative estimate of drug-likeness (QED) is 0.468. The monoisotopic (exact) mass is 395 g/mol. The molecule has 1 unspecified atom stereocenters. The van der Waals surface area contributed by atoms with Gasteiger partial charge in [0, 0.05) is 23.8 Å². The summed E-state index contributed by atoms with van der Waals surface area (Å²) >= 11 is 0. The molecule has 0 radical (unpaired) electrons. The molecule has 0 spiro atoms. The summed E-state index contributed by atoms with van der Waals surface area (Å²) in [7, 11) is 1.21. The molecule has 0 aliphatic carbocycles. The number of ketones is 1. The number of hydrogen-bond donors (Lipinski definition) is 1. The van der Waals surface area contributed by atoms with Crippen molar-refractivity contribution in [3.63, 3.8) is 0 Å². The molecule has 0 aromatic heterocycles.